The number of hydrogen-bond acceptors (Lipinski definition) is 3. The van der Waals surface area contributed by atoms with Gasteiger partial charge in [0.1, 0.15) is 5.82 Å². The lowest BCUT2D eigenvalue weighted by Gasteiger charge is -2.07. The van der Waals surface area contributed by atoms with Crippen molar-refractivity contribution in [1.82, 2.24) is 0 Å². The van der Waals surface area contributed by atoms with Gasteiger partial charge in [-0.3, -0.25) is 4.79 Å². The molecule has 0 heterocycles. The number of amides is 1. The highest BCUT2D eigenvalue weighted by Crippen LogP contribution is 2.15. The van der Waals surface area contributed by atoms with Gasteiger partial charge in [0, 0.05) is 10.5 Å². The van der Waals surface area contributed by atoms with E-state index in [2.05, 4.69) is 21.2 Å². The standard InChI is InChI=1S/C18H15BrFNO3/c1-12-2-8-16(15(20)10-12)21-17(22)11-24-18(23)9-5-13-3-6-14(19)7-4-13/h2-10H,11H2,1H3,(H,21,22)/b9-5+. The van der Waals surface area contributed by atoms with Gasteiger partial charge < -0.3 is 10.1 Å². The number of halogens is 2. The predicted molar refractivity (Wildman–Crippen MR) is 93.9 cm³/mol. The van der Waals surface area contributed by atoms with Gasteiger partial charge in [0.05, 0.1) is 5.69 Å². The fraction of sp³-hybridized carbons (Fsp3) is 0.111. The van der Waals surface area contributed by atoms with Crippen LogP contribution in [0.25, 0.3) is 6.08 Å². The van der Waals surface area contributed by atoms with Crippen LogP contribution in [0.15, 0.2) is 53.0 Å². The lowest BCUT2D eigenvalue weighted by Crippen LogP contribution is -2.20. The molecule has 0 saturated carbocycles. The highest BCUT2D eigenvalue weighted by Gasteiger charge is 2.09. The van der Waals surface area contributed by atoms with Crippen molar-refractivity contribution in [3.05, 3.63) is 70.0 Å². The van der Waals surface area contributed by atoms with Crippen LogP contribution in [0.2, 0.25) is 0 Å². The van der Waals surface area contributed by atoms with Crippen LogP contribution in [0.4, 0.5) is 10.1 Å². The molecule has 0 aromatic heterocycles. The van der Waals surface area contributed by atoms with Crippen LogP contribution in [-0.4, -0.2) is 18.5 Å². The highest BCUT2D eigenvalue weighted by molar-refractivity contribution is 9.10. The summed E-state index contributed by atoms with van der Waals surface area (Å²) in [4.78, 5) is 23.3. The zero-order valence-corrected chi connectivity index (χ0v) is 14.5. The Morgan fingerprint density at radius 2 is 1.92 bits per heavy atom. The monoisotopic (exact) mass is 391 g/mol. The molecule has 2 aromatic carbocycles. The number of rotatable bonds is 5. The van der Waals surface area contributed by atoms with Crippen molar-refractivity contribution in [2.75, 3.05) is 11.9 Å². The summed E-state index contributed by atoms with van der Waals surface area (Å²) < 4.78 is 19.4. The molecule has 0 aliphatic rings. The molecular weight excluding hydrogens is 377 g/mol. The molecular formula is C18H15BrFNO3. The fourth-order valence-electron chi connectivity index (χ4n) is 1.83. The fourth-order valence-corrected chi connectivity index (χ4v) is 2.10. The van der Waals surface area contributed by atoms with E-state index in [1.165, 1.54) is 18.2 Å². The maximum Gasteiger partial charge on any atom is 0.331 e. The molecule has 0 aliphatic heterocycles. The lowest BCUT2D eigenvalue weighted by atomic mass is 10.2. The van der Waals surface area contributed by atoms with Crippen LogP contribution >= 0.6 is 15.9 Å². The first-order valence-corrected chi connectivity index (χ1v) is 7.90. The third-order valence-electron chi connectivity index (χ3n) is 3.03. The van der Waals surface area contributed by atoms with Crippen LogP contribution in [0, 0.1) is 12.7 Å². The smallest absolute Gasteiger partial charge is 0.331 e. The molecule has 0 spiro atoms. The van der Waals surface area contributed by atoms with Crippen LogP contribution in [0.1, 0.15) is 11.1 Å². The van der Waals surface area contributed by atoms with Gasteiger partial charge in [-0.25, -0.2) is 9.18 Å². The van der Waals surface area contributed by atoms with E-state index in [0.717, 1.165) is 15.6 Å². The third kappa shape index (κ3) is 5.62. The summed E-state index contributed by atoms with van der Waals surface area (Å²) in [7, 11) is 0. The van der Waals surface area contributed by atoms with Gasteiger partial charge in [-0.2, -0.15) is 0 Å². The maximum atomic E-state index is 13.6. The van der Waals surface area contributed by atoms with Crippen molar-refractivity contribution < 1.29 is 18.7 Å². The molecule has 0 atom stereocenters. The van der Waals surface area contributed by atoms with Gasteiger partial charge in [0.15, 0.2) is 6.61 Å². The molecule has 0 bridgehead atoms. The van der Waals surface area contributed by atoms with Crippen molar-refractivity contribution in [1.29, 1.82) is 0 Å². The summed E-state index contributed by atoms with van der Waals surface area (Å²) in [5.41, 5.74) is 1.61. The first kappa shape index (κ1) is 17.9. The Hall–Kier alpha value is -2.47. The van der Waals surface area contributed by atoms with Gasteiger partial charge in [0.2, 0.25) is 0 Å². The molecule has 2 aromatic rings. The maximum absolute atomic E-state index is 13.6. The van der Waals surface area contributed by atoms with E-state index in [-0.39, 0.29) is 5.69 Å². The zero-order valence-electron chi connectivity index (χ0n) is 12.9. The zero-order chi connectivity index (χ0) is 17.5. The number of carbonyl (C=O) groups is 2. The van der Waals surface area contributed by atoms with E-state index in [4.69, 9.17) is 4.74 Å². The molecule has 0 aliphatic carbocycles. The molecule has 0 unspecified atom stereocenters. The first-order chi connectivity index (χ1) is 11.4. The van der Waals surface area contributed by atoms with Crippen molar-refractivity contribution >= 4 is 39.6 Å². The number of ether oxygens (including phenoxy) is 1. The van der Waals surface area contributed by atoms with Crippen molar-refractivity contribution in [3.8, 4) is 0 Å². The summed E-state index contributed by atoms with van der Waals surface area (Å²) in [5.74, 6) is -1.80. The Balaban J connectivity index is 1.82. The number of anilines is 1. The minimum atomic E-state index is -0.655. The Labute approximate surface area is 147 Å². The average Bonchev–Trinajstić information content (AvgIpc) is 2.55. The van der Waals surface area contributed by atoms with Crippen LogP contribution < -0.4 is 5.32 Å². The normalized spacial score (nSPS) is 10.6. The number of carbonyl (C=O) groups excluding carboxylic acids is 2. The van der Waals surface area contributed by atoms with Crippen LogP contribution in [0.5, 0.6) is 0 Å². The van der Waals surface area contributed by atoms with Crippen LogP contribution in [-0.2, 0) is 14.3 Å². The van der Waals surface area contributed by atoms with E-state index >= 15 is 0 Å². The van der Waals surface area contributed by atoms with E-state index in [9.17, 15) is 14.0 Å². The van der Waals surface area contributed by atoms with Gasteiger partial charge in [-0.15, -0.1) is 0 Å². The molecule has 6 heteroatoms. The minimum Gasteiger partial charge on any atom is -0.452 e. The molecule has 0 fully saturated rings. The second-order valence-electron chi connectivity index (χ2n) is 5.02. The summed E-state index contributed by atoms with van der Waals surface area (Å²) in [6.45, 7) is 1.26. The molecule has 0 radical (unpaired) electrons. The predicted octanol–water partition coefficient (Wildman–Crippen LogP) is 4.09. The first-order valence-electron chi connectivity index (χ1n) is 7.10. The molecule has 1 amide bonds. The van der Waals surface area contributed by atoms with Gasteiger partial charge in [-0.05, 0) is 48.4 Å². The molecule has 4 nitrogen and oxygen atoms in total. The lowest BCUT2D eigenvalue weighted by molar-refractivity contribution is -0.142. The largest absolute Gasteiger partial charge is 0.452 e. The minimum absolute atomic E-state index is 0.0482. The molecule has 0 saturated heterocycles. The summed E-state index contributed by atoms with van der Waals surface area (Å²) in [6, 6.07) is 11.8. The Bertz CT molecular complexity index is 772. The molecule has 1 N–H and O–H groups in total. The Kier molecular flexibility index (Phi) is 6.26. The number of benzene rings is 2. The van der Waals surface area contributed by atoms with Gasteiger partial charge >= 0.3 is 5.97 Å². The van der Waals surface area contributed by atoms with Crippen molar-refractivity contribution in [2.24, 2.45) is 0 Å². The number of aryl methyl sites for hydroxylation is 1. The molecule has 124 valence electrons. The van der Waals surface area contributed by atoms with Crippen molar-refractivity contribution in [3.63, 3.8) is 0 Å². The van der Waals surface area contributed by atoms with Gasteiger partial charge in [-0.1, -0.05) is 34.1 Å². The third-order valence-corrected chi connectivity index (χ3v) is 3.55. The molecule has 24 heavy (non-hydrogen) atoms. The van der Waals surface area contributed by atoms with E-state index in [1.54, 1.807) is 19.1 Å². The number of hydrogen-bond donors (Lipinski definition) is 1. The van der Waals surface area contributed by atoms with Crippen LogP contribution in [0.3, 0.4) is 0 Å². The Morgan fingerprint density at radius 3 is 2.58 bits per heavy atom. The Morgan fingerprint density at radius 1 is 1.21 bits per heavy atom. The number of esters is 1. The molecule has 2 rings (SSSR count). The topological polar surface area (TPSA) is 55.4 Å². The number of nitrogens with one attached hydrogen (secondary N) is 1. The van der Waals surface area contributed by atoms with Gasteiger partial charge in [0.25, 0.3) is 5.91 Å². The van der Waals surface area contributed by atoms with E-state index in [0.29, 0.717) is 0 Å². The van der Waals surface area contributed by atoms with E-state index in [1.807, 2.05) is 24.3 Å². The summed E-state index contributed by atoms with van der Waals surface area (Å²) >= 11 is 3.32. The second kappa shape index (κ2) is 8.40. The SMILES string of the molecule is Cc1ccc(NC(=O)COC(=O)/C=C/c2ccc(Br)cc2)c(F)c1. The van der Waals surface area contributed by atoms with Crippen molar-refractivity contribution in [2.45, 2.75) is 6.92 Å². The summed E-state index contributed by atoms with van der Waals surface area (Å²) in [6.07, 6.45) is 2.80. The highest BCUT2D eigenvalue weighted by atomic mass is 79.9. The quantitative estimate of drug-likeness (QED) is 0.616. The second-order valence-corrected chi connectivity index (χ2v) is 5.94. The average molecular weight is 392 g/mol. The van der Waals surface area contributed by atoms with E-state index < -0.39 is 24.3 Å². The summed E-state index contributed by atoms with van der Waals surface area (Å²) in [5, 5.41) is 2.35.